The van der Waals surface area contributed by atoms with Crippen LogP contribution in [-0.2, 0) is 9.53 Å². The second-order valence-corrected chi connectivity index (χ2v) is 5.06. The van der Waals surface area contributed by atoms with Crippen LogP contribution in [0.25, 0.3) is 0 Å². The largest absolute Gasteiger partial charge is 0.481 e. The first kappa shape index (κ1) is 12.5. The van der Waals surface area contributed by atoms with Gasteiger partial charge in [0.05, 0.1) is 25.2 Å². The van der Waals surface area contributed by atoms with E-state index in [4.69, 9.17) is 9.84 Å². The van der Waals surface area contributed by atoms with Crippen LogP contribution in [-0.4, -0.2) is 46.8 Å². The Morgan fingerprint density at radius 3 is 3.29 bits per heavy atom. The zero-order valence-corrected chi connectivity index (χ0v) is 10.5. The summed E-state index contributed by atoms with van der Waals surface area (Å²) in [4.78, 5) is 17.2. The molecule has 2 rings (SSSR count). The molecule has 1 N–H and O–H groups in total. The number of rotatable bonds is 4. The van der Waals surface area contributed by atoms with E-state index in [1.807, 2.05) is 5.38 Å². The highest BCUT2D eigenvalue weighted by atomic mass is 32.1. The molecule has 0 saturated carbocycles. The molecule has 0 amide bonds. The molecule has 0 radical (unpaired) electrons. The summed E-state index contributed by atoms with van der Waals surface area (Å²) in [6.07, 6.45) is 1.66. The van der Waals surface area contributed by atoms with Gasteiger partial charge in [0, 0.05) is 24.7 Å². The molecule has 0 bridgehead atoms. The van der Waals surface area contributed by atoms with Gasteiger partial charge in [-0.1, -0.05) is 0 Å². The summed E-state index contributed by atoms with van der Waals surface area (Å²) < 4.78 is 5.45. The number of nitrogens with zero attached hydrogens (tertiary/aromatic N) is 2. The van der Waals surface area contributed by atoms with Gasteiger partial charge in [0.2, 0.25) is 0 Å². The van der Waals surface area contributed by atoms with Gasteiger partial charge in [-0.2, -0.15) is 0 Å². The predicted molar refractivity (Wildman–Crippen MR) is 64.1 cm³/mol. The van der Waals surface area contributed by atoms with Crippen LogP contribution in [0.2, 0.25) is 0 Å². The summed E-state index contributed by atoms with van der Waals surface area (Å²) in [7, 11) is 0. The van der Waals surface area contributed by atoms with E-state index in [1.54, 1.807) is 17.5 Å². The molecule has 1 aromatic heterocycles. The van der Waals surface area contributed by atoms with Crippen LogP contribution >= 0.6 is 11.3 Å². The normalized spacial score (nSPS) is 23.5. The summed E-state index contributed by atoms with van der Waals surface area (Å²) in [5.41, 5.74) is 0. The monoisotopic (exact) mass is 256 g/mol. The van der Waals surface area contributed by atoms with Crippen LogP contribution in [0.5, 0.6) is 0 Å². The minimum absolute atomic E-state index is 0.0705. The molecule has 2 atom stereocenters. The van der Waals surface area contributed by atoms with Crippen LogP contribution in [0, 0.1) is 0 Å². The van der Waals surface area contributed by atoms with Crippen LogP contribution in [0.1, 0.15) is 24.4 Å². The van der Waals surface area contributed by atoms with Gasteiger partial charge in [0.25, 0.3) is 0 Å². The van der Waals surface area contributed by atoms with Crippen molar-refractivity contribution in [2.45, 2.75) is 25.5 Å². The number of thiazole rings is 1. The Morgan fingerprint density at radius 1 is 1.82 bits per heavy atom. The molecular formula is C11H16N2O3S. The topological polar surface area (TPSA) is 62.7 Å². The smallest absolute Gasteiger partial charge is 0.306 e. The molecule has 5 nitrogen and oxygen atoms in total. The Hall–Kier alpha value is -0.980. The summed E-state index contributed by atoms with van der Waals surface area (Å²) >= 11 is 1.63. The lowest BCUT2D eigenvalue weighted by atomic mass is 10.1. The average molecular weight is 256 g/mol. The van der Waals surface area contributed by atoms with Crippen LogP contribution in [0.3, 0.4) is 0 Å². The first-order valence-corrected chi connectivity index (χ1v) is 6.51. The standard InChI is InChI=1S/C11H16N2O3S/c1-8(11-12-2-5-17-11)13-3-4-16-9(7-13)6-10(14)15/h2,5,8-9H,3-4,6-7H2,1H3,(H,14,15). The van der Waals surface area contributed by atoms with Crippen molar-refractivity contribution >= 4 is 17.3 Å². The molecule has 1 saturated heterocycles. The molecule has 1 aliphatic rings. The Balaban J connectivity index is 1.95. The van der Waals surface area contributed by atoms with E-state index >= 15 is 0 Å². The van der Waals surface area contributed by atoms with Crippen molar-refractivity contribution < 1.29 is 14.6 Å². The molecule has 94 valence electrons. The minimum atomic E-state index is -0.807. The van der Waals surface area contributed by atoms with Crippen molar-refractivity contribution in [3.63, 3.8) is 0 Å². The van der Waals surface area contributed by atoms with E-state index < -0.39 is 5.97 Å². The zero-order chi connectivity index (χ0) is 12.3. The molecule has 1 fully saturated rings. The van der Waals surface area contributed by atoms with E-state index in [0.29, 0.717) is 13.2 Å². The van der Waals surface area contributed by atoms with Gasteiger partial charge in [0.1, 0.15) is 5.01 Å². The third-order valence-electron chi connectivity index (χ3n) is 2.93. The van der Waals surface area contributed by atoms with Gasteiger partial charge < -0.3 is 9.84 Å². The maximum Gasteiger partial charge on any atom is 0.306 e. The number of hydrogen-bond acceptors (Lipinski definition) is 5. The second-order valence-electron chi connectivity index (χ2n) is 4.13. The number of carboxylic acids is 1. The third kappa shape index (κ3) is 3.24. The van der Waals surface area contributed by atoms with Gasteiger partial charge in [-0.3, -0.25) is 9.69 Å². The number of ether oxygens (including phenoxy) is 1. The summed E-state index contributed by atoms with van der Waals surface area (Å²) in [6.45, 7) is 4.18. The van der Waals surface area contributed by atoms with E-state index in [1.165, 1.54) is 0 Å². The Labute approximate surface area is 104 Å². The number of carbonyl (C=O) groups is 1. The van der Waals surface area contributed by atoms with Crippen molar-refractivity contribution in [1.82, 2.24) is 9.88 Å². The summed E-state index contributed by atoms with van der Waals surface area (Å²) in [5.74, 6) is -0.807. The Morgan fingerprint density at radius 2 is 2.65 bits per heavy atom. The highest BCUT2D eigenvalue weighted by Crippen LogP contribution is 2.24. The first-order chi connectivity index (χ1) is 8.16. The molecule has 0 spiro atoms. The van der Waals surface area contributed by atoms with E-state index in [0.717, 1.165) is 11.6 Å². The zero-order valence-electron chi connectivity index (χ0n) is 9.70. The molecule has 2 heterocycles. The average Bonchev–Trinajstić information content (AvgIpc) is 2.81. The highest BCUT2D eigenvalue weighted by molar-refractivity contribution is 7.09. The predicted octanol–water partition coefficient (Wildman–Crippen LogP) is 1.38. The molecule has 2 unspecified atom stereocenters. The molecular weight excluding hydrogens is 240 g/mol. The van der Waals surface area contributed by atoms with Crippen molar-refractivity contribution in [3.8, 4) is 0 Å². The lowest BCUT2D eigenvalue weighted by Gasteiger charge is -2.35. The maximum absolute atomic E-state index is 10.7. The number of aliphatic carboxylic acids is 1. The fourth-order valence-corrected chi connectivity index (χ4v) is 2.74. The molecule has 1 aromatic rings. The third-order valence-corrected chi connectivity index (χ3v) is 3.87. The van der Waals surface area contributed by atoms with Crippen LogP contribution < -0.4 is 0 Å². The molecule has 1 aliphatic heterocycles. The first-order valence-electron chi connectivity index (χ1n) is 5.63. The van der Waals surface area contributed by atoms with Crippen molar-refractivity contribution in [2.24, 2.45) is 0 Å². The minimum Gasteiger partial charge on any atom is -0.481 e. The van der Waals surface area contributed by atoms with Crippen molar-refractivity contribution in [3.05, 3.63) is 16.6 Å². The quantitative estimate of drug-likeness (QED) is 0.881. The van der Waals surface area contributed by atoms with Crippen LogP contribution in [0.4, 0.5) is 0 Å². The number of morpholine rings is 1. The van der Waals surface area contributed by atoms with Gasteiger partial charge in [-0.25, -0.2) is 4.98 Å². The van der Waals surface area contributed by atoms with Gasteiger partial charge in [0.15, 0.2) is 0 Å². The Kier molecular flexibility index (Phi) is 4.09. The van der Waals surface area contributed by atoms with E-state index in [-0.39, 0.29) is 18.6 Å². The maximum atomic E-state index is 10.7. The molecule has 0 aliphatic carbocycles. The molecule has 17 heavy (non-hydrogen) atoms. The Bertz CT molecular complexity index is 369. The molecule has 0 aromatic carbocycles. The van der Waals surface area contributed by atoms with E-state index in [2.05, 4.69) is 16.8 Å². The van der Waals surface area contributed by atoms with E-state index in [9.17, 15) is 4.79 Å². The van der Waals surface area contributed by atoms with Gasteiger partial charge >= 0.3 is 5.97 Å². The SMILES string of the molecule is CC(c1nccs1)N1CCOC(CC(=O)O)C1. The number of aromatic nitrogens is 1. The van der Waals surface area contributed by atoms with Crippen LogP contribution in [0.15, 0.2) is 11.6 Å². The lowest BCUT2D eigenvalue weighted by Crippen LogP contribution is -2.44. The van der Waals surface area contributed by atoms with Gasteiger partial charge in [-0.15, -0.1) is 11.3 Å². The van der Waals surface area contributed by atoms with Crippen molar-refractivity contribution in [2.75, 3.05) is 19.7 Å². The lowest BCUT2D eigenvalue weighted by molar-refractivity contribution is -0.142. The number of carboxylic acid groups (broad SMARTS) is 1. The van der Waals surface area contributed by atoms with Gasteiger partial charge in [-0.05, 0) is 6.92 Å². The van der Waals surface area contributed by atoms with Crippen molar-refractivity contribution in [1.29, 1.82) is 0 Å². The second kappa shape index (κ2) is 5.57. The summed E-state index contributed by atoms with van der Waals surface area (Å²) in [6, 6.07) is 0.232. The fourth-order valence-electron chi connectivity index (χ4n) is 2.01. The molecule has 6 heteroatoms. The number of hydrogen-bond donors (Lipinski definition) is 1. The fraction of sp³-hybridized carbons (Fsp3) is 0.636. The summed E-state index contributed by atoms with van der Waals surface area (Å²) in [5, 5.41) is 11.8. The highest BCUT2D eigenvalue weighted by Gasteiger charge is 2.27.